The molecule has 3 aromatic carbocycles. The molecule has 4 atom stereocenters. The van der Waals surface area contributed by atoms with Crippen LogP contribution in [0.15, 0.2) is 83.8 Å². The molecule has 7 nitrogen and oxygen atoms in total. The average Bonchev–Trinajstić information content (AvgIpc) is 2.90. The lowest BCUT2D eigenvalue weighted by Gasteiger charge is -2.41. The third-order valence-electron chi connectivity index (χ3n) is 6.13. The van der Waals surface area contributed by atoms with E-state index in [9.17, 15) is 18.6 Å². The Kier molecular flexibility index (Phi) is 9.05. The number of sulfonamides is 1. The number of aliphatic hydroxyl groups is 2. The Hall–Kier alpha value is -2.40. The molecule has 0 spiro atoms. The lowest BCUT2D eigenvalue weighted by Crippen LogP contribution is -2.38. The minimum absolute atomic E-state index is 0.0199. The second kappa shape index (κ2) is 12.2. The van der Waals surface area contributed by atoms with Gasteiger partial charge in [0.1, 0.15) is 0 Å². The molecule has 1 aliphatic heterocycles. The van der Waals surface area contributed by atoms with Gasteiger partial charge >= 0.3 is 0 Å². The number of hydrogen-bond donors (Lipinski definition) is 3. The Balaban J connectivity index is 1.53. The molecule has 192 valence electrons. The van der Waals surface area contributed by atoms with Crippen molar-refractivity contribution < 1.29 is 28.1 Å². The van der Waals surface area contributed by atoms with E-state index in [1.807, 2.05) is 24.3 Å². The van der Waals surface area contributed by atoms with Gasteiger partial charge in [-0.25, -0.2) is 8.42 Å². The van der Waals surface area contributed by atoms with Gasteiger partial charge < -0.3 is 19.7 Å². The van der Waals surface area contributed by atoms with Crippen LogP contribution in [0.3, 0.4) is 0 Å². The van der Waals surface area contributed by atoms with Crippen molar-refractivity contribution in [3.05, 3.63) is 95.6 Å². The van der Waals surface area contributed by atoms with Gasteiger partial charge in [0.05, 0.1) is 30.3 Å². The maximum Gasteiger partial charge on any atom is 0.261 e. The van der Waals surface area contributed by atoms with Crippen LogP contribution in [0, 0.1) is 5.92 Å². The largest absolute Gasteiger partial charge is 0.396 e. The van der Waals surface area contributed by atoms with Crippen LogP contribution < -0.4 is 4.72 Å². The van der Waals surface area contributed by atoms with Gasteiger partial charge in [0.25, 0.3) is 10.0 Å². The van der Waals surface area contributed by atoms with E-state index in [0.717, 1.165) is 16.7 Å². The molecular weight excluding hydrogens is 498 g/mol. The summed E-state index contributed by atoms with van der Waals surface area (Å²) < 4.78 is 40.6. The predicted octanol–water partition coefficient (Wildman–Crippen LogP) is 4.50. The lowest BCUT2D eigenvalue weighted by atomic mass is 9.91. The van der Waals surface area contributed by atoms with Gasteiger partial charge in [-0.3, -0.25) is 4.72 Å². The first-order valence-corrected chi connectivity index (χ1v) is 14.4. The molecule has 0 amide bonds. The van der Waals surface area contributed by atoms with Crippen molar-refractivity contribution >= 4 is 27.5 Å². The summed E-state index contributed by atoms with van der Waals surface area (Å²) in [6.45, 7) is 2.18. The fourth-order valence-electron chi connectivity index (χ4n) is 4.10. The summed E-state index contributed by atoms with van der Waals surface area (Å²) >= 11 is 1.63. The molecule has 1 heterocycles. The van der Waals surface area contributed by atoms with Crippen molar-refractivity contribution in [3.8, 4) is 0 Å². The summed E-state index contributed by atoms with van der Waals surface area (Å²) in [5.41, 5.74) is 3.05. The van der Waals surface area contributed by atoms with Crippen molar-refractivity contribution in [3.63, 3.8) is 0 Å². The molecule has 36 heavy (non-hydrogen) atoms. The highest BCUT2D eigenvalue weighted by Gasteiger charge is 2.38. The summed E-state index contributed by atoms with van der Waals surface area (Å²) in [5.74, 6) is 1.40. The molecule has 0 unspecified atom stereocenters. The molecule has 1 fully saturated rings. The normalized spacial score (nSPS) is 22.3. The zero-order valence-electron chi connectivity index (χ0n) is 20.0. The van der Waals surface area contributed by atoms with E-state index in [2.05, 4.69) is 11.6 Å². The van der Waals surface area contributed by atoms with E-state index in [4.69, 9.17) is 9.47 Å². The first-order valence-electron chi connectivity index (χ1n) is 11.8. The van der Waals surface area contributed by atoms with Gasteiger partial charge in [0.2, 0.25) is 0 Å². The molecule has 0 saturated carbocycles. The van der Waals surface area contributed by atoms with Crippen molar-refractivity contribution in [1.29, 1.82) is 0 Å². The van der Waals surface area contributed by atoms with Crippen LogP contribution >= 0.6 is 11.8 Å². The summed E-state index contributed by atoms with van der Waals surface area (Å²) in [6.07, 6.45) is -0.977. The predicted molar refractivity (Wildman–Crippen MR) is 141 cm³/mol. The number of benzene rings is 3. The number of rotatable bonds is 10. The van der Waals surface area contributed by atoms with Crippen LogP contribution in [0.25, 0.3) is 0 Å². The monoisotopic (exact) mass is 529 g/mol. The van der Waals surface area contributed by atoms with Gasteiger partial charge in [0.15, 0.2) is 6.29 Å². The quantitative estimate of drug-likeness (QED) is 0.332. The van der Waals surface area contributed by atoms with Crippen LogP contribution in [0.1, 0.15) is 36.0 Å². The number of nitrogens with one attached hydrogen (secondary N) is 1. The van der Waals surface area contributed by atoms with Gasteiger partial charge in [-0.2, -0.15) is 11.8 Å². The Labute approximate surface area is 216 Å². The van der Waals surface area contributed by atoms with E-state index in [-0.39, 0.29) is 36.2 Å². The van der Waals surface area contributed by atoms with E-state index in [1.54, 1.807) is 66.4 Å². The number of thioether (sulfide) groups is 1. The fraction of sp³-hybridized carbons (Fsp3) is 0.333. The second-order valence-corrected chi connectivity index (χ2v) is 11.5. The number of ether oxygens (including phenoxy) is 2. The highest BCUT2D eigenvalue weighted by atomic mass is 32.2. The zero-order chi connectivity index (χ0) is 25.5. The summed E-state index contributed by atoms with van der Waals surface area (Å²) in [7, 11) is -3.68. The molecule has 0 aliphatic carbocycles. The summed E-state index contributed by atoms with van der Waals surface area (Å²) in [4.78, 5) is 0.195. The van der Waals surface area contributed by atoms with E-state index >= 15 is 0 Å². The molecule has 0 aromatic heterocycles. The van der Waals surface area contributed by atoms with Gasteiger partial charge in [-0.05, 0) is 35.4 Å². The molecule has 3 N–H and O–H groups in total. The SMILES string of the molecule is C[C@@H]1[C@H](CSCCO)O[C@H](c2ccc(NS(=O)(=O)c3ccccc3)cc2)O[C@@H]1c1ccc(CO)cc1. The summed E-state index contributed by atoms with van der Waals surface area (Å²) in [6, 6.07) is 22.9. The average molecular weight is 530 g/mol. The molecule has 9 heteroatoms. The first kappa shape index (κ1) is 26.7. The van der Waals surface area contributed by atoms with Crippen LogP contribution in [0.2, 0.25) is 0 Å². The van der Waals surface area contributed by atoms with Crippen LogP contribution in [-0.2, 0) is 26.1 Å². The minimum atomic E-state index is -3.68. The van der Waals surface area contributed by atoms with E-state index in [0.29, 0.717) is 17.2 Å². The molecule has 1 saturated heterocycles. The molecule has 0 radical (unpaired) electrons. The van der Waals surface area contributed by atoms with Crippen LogP contribution in [0.5, 0.6) is 0 Å². The smallest absolute Gasteiger partial charge is 0.261 e. The molecule has 0 bridgehead atoms. The third kappa shape index (κ3) is 6.47. The van der Waals surface area contributed by atoms with Gasteiger partial charge in [-0.15, -0.1) is 0 Å². The minimum Gasteiger partial charge on any atom is -0.396 e. The number of anilines is 1. The maximum atomic E-state index is 12.6. The maximum absolute atomic E-state index is 12.6. The van der Waals surface area contributed by atoms with Crippen molar-refractivity contribution in [2.45, 2.75) is 36.9 Å². The molecule has 4 rings (SSSR count). The van der Waals surface area contributed by atoms with Crippen molar-refractivity contribution in [2.75, 3.05) is 22.8 Å². The van der Waals surface area contributed by atoms with Gasteiger partial charge in [0, 0.05) is 28.7 Å². The first-order chi connectivity index (χ1) is 17.4. The van der Waals surface area contributed by atoms with Crippen LogP contribution in [-0.4, -0.2) is 42.8 Å². The molecule has 1 aliphatic rings. The molecule has 3 aromatic rings. The zero-order valence-corrected chi connectivity index (χ0v) is 21.6. The van der Waals surface area contributed by atoms with Crippen LogP contribution in [0.4, 0.5) is 5.69 Å². The van der Waals surface area contributed by atoms with Gasteiger partial charge in [-0.1, -0.05) is 61.5 Å². The Morgan fingerprint density at radius 2 is 1.56 bits per heavy atom. The topological polar surface area (TPSA) is 105 Å². The number of hydrogen-bond acceptors (Lipinski definition) is 7. The Morgan fingerprint density at radius 1 is 0.889 bits per heavy atom. The second-order valence-electron chi connectivity index (χ2n) is 8.66. The van der Waals surface area contributed by atoms with E-state index in [1.165, 1.54) is 0 Å². The Morgan fingerprint density at radius 3 is 2.19 bits per heavy atom. The Bertz CT molecular complexity index is 1200. The number of aliphatic hydroxyl groups excluding tert-OH is 2. The van der Waals surface area contributed by atoms with Crippen molar-refractivity contribution in [1.82, 2.24) is 0 Å². The molecular formula is C27H31NO6S2. The van der Waals surface area contributed by atoms with E-state index < -0.39 is 16.3 Å². The third-order valence-corrected chi connectivity index (χ3v) is 8.56. The lowest BCUT2D eigenvalue weighted by molar-refractivity contribution is -0.268. The fourth-order valence-corrected chi connectivity index (χ4v) is 6.09. The summed E-state index contributed by atoms with van der Waals surface area (Å²) in [5, 5.41) is 18.6. The highest BCUT2D eigenvalue weighted by Crippen LogP contribution is 2.42. The van der Waals surface area contributed by atoms with Crippen molar-refractivity contribution in [2.24, 2.45) is 5.92 Å². The highest BCUT2D eigenvalue weighted by molar-refractivity contribution is 7.99. The standard InChI is InChI=1S/C27H31NO6S2/c1-19-25(18-35-16-15-29)33-27(34-26(19)21-9-7-20(17-30)8-10-21)22-11-13-23(14-12-22)28-36(31,32)24-5-3-2-4-6-24/h2-14,19,25-30H,15-18H2,1H3/t19-,25+,26+,27+/m1/s1.